The Morgan fingerprint density at radius 3 is 2.81 bits per heavy atom. The van der Waals surface area contributed by atoms with Crippen LogP contribution in [0, 0.1) is 6.92 Å². The van der Waals surface area contributed by atoms with Gasteiger partial charge in [-0.1, -0.05) is 11.6 Å². The number of hydrogen-bond donors (Lipinski definition) is 1. The molecule has 1 aromatic heterocycles. The van der Waals surface area contributed by atoms with E-state index in [4.69, 9.17) is 4.52 Å². The van der Waals surface area contributed by atoms with Crippen molar-refractivity contribution in [1.29, 1.82) is 0 Å². The summed E-state index contributed by atoms with van der Waals surface area (Å²) in [6, 6.07) is 0. The van der Waals surface area contributed by atoms with E-state index >= 15 is 0 Å². The van der Waals surface area contributed by atoms with E-state index in [1.807, 2.05) is 6.92 Å². The van der Waals surface area contributed by atoms with Crippen molar-refractivity contribution < 1.29 is 4.52 Å². The van der Waals surface area contributed by atoms with E-state index in [-0.39, 0.29) is 0 Å². The monoisotopic (exact) mass is 224 g/mol. The highest BCUT2D eigenvalue weighted by molar-refractivity contribution is 4.82. The molecule has 2 rings (SSSR count). The molecule has 0 amide bonds. The Morgan fingerprint density at radius 2 is 2.12 bits per heavy atom. The fourth-order valence-electron chi connectivity index (χ4n) is 2.03. The topological polar surface area (TPSA) is 54.2 Å². The van der Waals surface area contributed by atoms with Crippen molar-refractivity contribution in [1.82, 2.24) is 20.4 Å². The highest BCUT2D eigenvalue weighted by atomic mass is 16.5. The Bertz CT molecular complexity index is 307. The number of aryl methyl sites for hydroxylation is 1. The molecule has 2 heterocycles. The number of rotatable bonds is 5. The van der Waals surface area contributed by atoms with E-state index in [1.54, 1.807) is 0 Å². The smallest absolute Gasteiger partial charge is 0.223 e. The van der Waals surface area contributed by atoms with Crippen LogP contribution in [0.1, 0.15) is 31.0 Å². The van der Waals surface area contributed by atoms with Gasteiger partial charge in [0.2, 0.25) is 5.89 Å². The molecule has 1 fully saturated rings. The molecular weight excluding hydrogens is 204 g/mol. The summed E-state index contributed by atoms with van der Waals surface area (Å²) in [6.07, 6.45) is 4.10. The highest BCUT2D eigenvalue weighted by Gasteiger charge is 2.09. The van der Waals surface area contributed by atoms with Crippen molar-refractivity contribution in [3.8, 4) is 0 Å². The second kappa shape index (κ2) is 5.96. The van der Waals surface area contributed by atoms with E-state index in [1.165, 1.54) is 32.4 Å². The van der Waals surface area contributed by atoms with E-state index in [9.17, 15) is 0 Å². The standard InChI is InChI=1S/C11H20N4O/c1-10-13-11(14-16-10)9-12-5-8-15-6-3-2-4-7-15/h12H,2-9H2,1H3. The second-order valence-electron chi connectivity index (χ2n) is 4.31. The van der Waals surface area contributed by atoms with Crippen LogP contribution in [0.2, 0.25) is 0 Å². The lowest BCUT2D eigenvalue weighted by Crippen LogP contribution is -2.35. The third-order valence-corrected chi connectivity index (χ3v) is 2.91. The molecule has 0 bridgehead atoms. The van der Waals surface area contributed by atoms with E-state index in [2.05, 4.69) is 20.4 Å². The molecule has 1 aromatic rings. The van der Waals surface area contributed by atoms with Crippen LogP contribution in [0.25, 0.3) is 0 Å². The predicted octanol–water partition coefficient (Wildman–Crippen LogP) is 0.954. The first kappa shape index (κ1) is 11.5. The van der Waals surface area contributed by atoms with Gasteiger partial charge < -0.3 is 14.7 Å². The highest BCUT2D eigenvalue weighted by Crippen LogP contribution is 2.07. The Labute approximate surface area is 96.2 Å². The zero-order valence-corrected chi connectivity index (χ0v) is 9.91. The quantitative estimate of drug-likeness (QED) is 0.755. The average molecular weight is 224 g/mol. The molecule has 0 aliphatic carbocycles. The summed E-state index contributed by atoms with van der Waals surface area (Å²) in [6.45, 7) is 7.13. The van der Waals surface area contributed by atoms with Crippen LogP contribution < -0.4 is 5.32 Å². The van der Waals surface area contributed by atoms with Crippen molar-refractivity contribution in [2.45, 2.75) is 32.7 Å². The van der Waals surface area contributed by atoms with Crippen LogP contribution in [0.5, 0.6) is 0 Å². The largest absolute Gasteiger partial charge is 0.340 e. The van der Waals surface area contributed by atoms with Gasteiger partial charge in [0.25, 0.3) is 0 Å². The van der Waals surface area contributed by atoms with Gasteiger partial charge in [0.05, 0.1) is 6.54 Å². The van der Waals surface area contributed by atoms with E-state index in [0.29, 0.717) is 12.4 Å². The minimum absolute atomic E-state index is 0.632. The summed E-state index contributed by atoms with van der Waals surface area (Å²) in [5.74, 6) is 1.38. The first-order chi connectivity index (χ1) is 7.84. The summed E-state index contributed by atoms with van der Waals surface area (Å²) in [4.78, 5) is 6.65. The predicted molar refractivity (Wildman–Crippen MR) is 61.0 cm³/mol. The summed E-state index contributed by atoms with van der Waals surface area (Å²) in [7, 11) is 0. The maximum Gasteiger partial charge on any atom is 0.223 e. The van der Waals surface area contributed by atoms with Crippen LogP contribution in [0.3, 0.4) is 0 Å². The van der Waals surface area contributed by atoms with Crippen LogP contribution >= 0.6 is 0 Å². The number of hydrogen-bond acceptors (Lipinski definition) is 5. The molecule has 0 aromatic carbocycles. The van der Waals surface area contributed by atoms with Crippen LogP contribution in [0.4, 0.5) is 0 Å². The fraction of sp³-hybridized carbons (Fsp3) is 0.818. The molecule has 5 heteroatoms. The Hall–Kier alpha value is -0.940. The van der Waals surface area contributed by atoms with Crippen molar-refractivity contribution in [2.75, 3.05) is 26.2 Å². The van der Waals surface area contributed by atoms with Crippen molar-refractivity contribution >= 4 is 0 Å². The molecule has 0 spiro atoms. The first-order valence-electron chi connectivity index (χ1n) is 6.07. The lowest BCUT2D eigenvalue weighted by molar-refractivity contribution is 0.228. The third-order valence-electron chi connectivity index (χ3n) is 2.91. The number of nitrogens with zero attached hydrogens (tertiary/aromatic N) is 3. The third kappa shape index (κ3) is 3.57. The Kier molecular flexibility index (Phi) is 4.30. The van der Waals surface area contributed by atoms with Gasteiger partial charge in [0, 0.05) is 20.0 Å². The van der Waals surface area contributed by atoms with Crippen molar-refractivity contribution in [3.05, 3.63) is 11.7 Å². The van der Waals surface area contributed by atoms with Gasteiger partial charge >= 0.3 is 0 Å². The molecule has 1 aliphatic heterocycles. The minimum Gasteiger partial charge on any atom is -0.340 e. The molecule has 1 N–H and O–H groups in total. The molecule has 0 saturated carbocycles. The first-order valence-corrected chi connectivity index (χ1v) is 6.07. The van der Waals surface area contributed by atoms with Gasteiger partial charge in [-0.25, -0.2) is 0 Å². The summed E-state index contributed by atoms with van der Waals surface area (Å²) < 4.78 is 4.90. The van der Waals surface area contributed by atoms with Gasteiger partial charge in [-0.2, -0.15) is 4.98 Å². The zero-order valence-electron chi connectivity index (χ0n) is 9.91. The fourth-order valence-corrected chi connectivity index (χ4v) is 2.03. The normalized spacial score (nSPS) is 17.8. The lowest BCUT2D eigenvalue weighted by Gasteiger charge is -2.26. The number of likely N-dealkylation sites (tertiary alicyclic amines) is 1. The number of nitrogens with one attached hydrogen (secondary N) is 1. The van der Waals surface area contributed by atoms with Crippen LogP contribution in [0.15, 0.2) is 4.52 Å². The molecular formula is C11H20N4O. The van der Waals surface area contributed by atoms with Gasteiger partial charge in [-0.05, 0) is 25.9 Å². The molecule has 1 saturated heterocycles. The molecule has 0 atom stereocenters. The van der Waals surface area contributed by atoms with Crippen molar-refractivity contribution in [2.24, 2.45) is 0 Å². The maximum atomic E-state index is 4.90. The van der Waals surface area contributed by atoms with Gasteiger partial charge in [0.1, 0.15) is 0 Å². The lowest BCUT2D eigenvalue weighted by atomic mass is 10.1. The SMILES string of the molecule is Cc1nc(CNCCN2CCCCC2)no1. The molecule has 1 aliphatic rings. The summed E-state index contributed by atoms with van der Waals surface area (Å²) >= 11 is 0. The van der Waals surface area contributed by atoms with Crippen LogP contribution in [-0.2, 0) is 6.54 Å². The molecule has 5 nitrogen and oxygen atoms in total. The van der Waals surface area contributed by atoms with Crippen LogP contribution in [-0.4, -0.2) is 41.2 Å². The molecule has 90 valence electrons. The zero-order chi connectivity index (χ0) is 11.2. The summed E-state index contributed by atoms with van der Waals surface area (Å²) in [5.41, 5.74) is 0. The molecule has 16 heavy (non-hydrogen) atoms. The molecule has 0 radical (unpaired) electrons. The Morgan fingerprint density at radius 1 is 1.31 bits per heavy atom. The van der Waals surface area contributed by atoms with Gasteiger partial charge in [-0.15, -0.1) is 0 Å². The number of piperidine rings is 1. The van der Waals surface area contributed by atoms with E-state index in [0.717, 1.165) is 18.9 Å². The second-order valence-corrected chi connectivity index (χ2v) is 4.31. The van der Waals surface area contributed by atoms with Gasteiger partial charge in [0.15, 0.2) is 5.82 Å². The minimum atomic E-state index is 0.632. The maximum absolute atomic E-state index is 4.90. The summed E-state index contributed by atoms with van der Waals surface area (Å²) in [5, 5.41) is 7.17. The van der Waals surface area contributed by atoms with Gasteiger partial charge in [-0.3, -0.25) is 0 Å². The van der Waals surface area contributed by atoms with E-state index < -0.39 is 0 Å². The number of aromatic nitrogens is 2. The Balaban J connectivity index is 1.57. The van der Waals surface area contributed by atoms with Crippen molar-refractivity contribution in [3.63, 3.8) is 0 Å². The molecule has 0 unspecified atom stereocenters. The average Bonchev–Trinajstić information content (AvgIpc) is 2.72.